The van der Waals surface area contributed by atoms with Crippen LogP contribution < -0.4 is 27.7 Å². The van der Waals surface area contributed by atoms with E-state index in [0.717, 1.165) is 25.0 Å². The van der Waals surface area contributed by atoms with Gasteiger partial charge in [-0.3, -0.25) is 5.43 Å². The number of hydrogen-bond donors (Lipinski definition) is 5. The Labute approximate surface area is 112 Å². The molecule has 7 N–H and O–H groups in total. The molecule has 0 aromatic carbocycles. The highest BCUT2D eigenvalue weighted by molar-refractivity contribution is 5.91. The van der Waals surface area contributed by atoms with E-state index in [-0.39, 0.29) is 12.0 Å². The lowest BCUT2D eigenvalue weighted by molar-refractivity contribution is 0.236. The third-order valence-corrected chi connectivity index (χ3v) is 3.37. The number of hydrazine groups is 1. The molecule has 8 heteroatoms. The average Bonchev–Trinajstić information content (AvgIpc) is 2.34. The van der Waals surface area contributed by atoms with E-state index in [4.69, 9.17) is 11.5 Å². The lowest BCUT2D eigenvalue weighted by Gasteiger charge is -2.35. The number of hydrazone groups is 1. The van der Waals surface area contributed by atoms with Gasteiger partial charge < -0.3 is 11.5 Å². The predicted molar refractivity (Wildman–Crippen MR) is 72.0 cm³/mol. The number of hydrogen-bond acceptors (Lipinski definition) is 4. The molecule has 1 aliphatic carbocycles. The second-order valence-electron chi connectivity index (χ2n) is 4.88. The minimum Gasteiger partial charge on any atom is -0.351 e. The summed E-state index contributed by atoms with van der Waals surface area (Å²) in [6.45, 7) is 4.17. The van der Waals surface area contributed by atoms with E-state index in [1.807, 2.05) is 0 Å². The van der Waals surface area contributed by atoms with Gasteiger partial charge in [-0.15, -0.1) is 0 Å². The Kier molecular flexibility index (Phi) is 5.56. The van der Waals surface area contributed by atoms with Gasteiger partial charge in [0.15, 0.2) is 0 Å². The quantitative estimate of drug-likeness (QED) is 0.460. The molecule has 4 amide bonds. The summed E-state index contributed by atoms with van der Waals surface area (Å²) < 4.78 is 0. The number of urea groups is 2. The van der Waals surface area contributed by atoms with Gasteiger partial charge in [0.2, 0.25) is 0 Å². The number of nitrogens with two attached hydrogens (primary N) is 2. The van der Waals surface area contributed by atoms with Crippen molar-refractivity contribution < 1.29 is 9.59 Å². The number of rotatable bonds is 4. The van der Waals surface area contributed by atoms with Crippen LogP contribution in [-0.2, 0) is 0 Å². The van der Waals surface area contributed by atoms with Crippen molar-refractivity contribution in [3.05, 3.63) is 0 Å². The number of carbonyl (C=O) groups excluding carboxylic acids is 2. The molecule has 0 radical (unpaired) electrons. The molecule has 108 valence electrons. The van der Waals surface area contributed by atoms with Gasteiger partial charge in [0.25, 0.3) is 0 Å². The zero-order valence-corrected chi connectivity index (χ0v) is 11.3. The van der Waals surface area contributed by atoms with E-state index in [1.165, 1.54) is 0 Å². The maximum atomic E-state index is 10.8. The molecule has 0 heterocycles. The summed E-state index contributed by atoms with van der Waals surface area (Å²) in [6.07, 6.45) is 2.80. The molecule has 0 aliphatic heterocycles. The second-order valence-corrected chi connectivity index (χ2v) is 4.88. The van der Waals surface area contributed by atoms with E-state index in [9.17, 15) is 9.59 Å². The molecule has 19 heavy (non-hydrogen) atoms. The lowest BCUT2D eigenvalue weighted by atomic mass is 9.77. The van der Waals surface area contributed by atoms with Crippen LogP contribution in [0.5, 0.6) is 0 Å². The number of nitrogens with one attached hydrogen (secondary N) is 3. The summed E-state index contributed by atoms with van der Waals surface area (Å²) in [5, 5.41) is 4.03. The Morgan fingerprint density at radius 3 is 2.58 bits per heavy atom. The monoisotopic (exact) mass is 270 g/mol. The largest absolute Gasteiger partial charge is 0.351 e. The van der Waals surface area contributed by atoms with Crippen molar-refractivity contribution in [2.45, 2.75) is 39.2 Å². The molecule has 0 aromatic heterocycles. The zero-order chi connectivity index (χ0) is 14.4. The topological polar surface area (TPSA) is 135 Å². The molecular weight excluding hydrogens is 248 g/mol. The highest BCUT2D eigenvalue weighted by Gasteiger charge is 2.32. The summed E-state index contributed by atoms with van der Waals surface area (Å²) >= 11 is 0. The first-order valence-corrected chi connectivity index (χ1v) is 6.36. The fraction of sp³-hybridized carbons (Fsp3) is 0.727. The first-order valence-electron chi connectivity index (χ1n) is 6.36. The van der Waals surface area contributed by atoms with Gasteiger partial charge in [0.05, 0.1) is 11.8 Å². The van der Waals surface area contributed by atoms with Crippen LogP contribution in [0.2, 0.25) is 0 Å². The van der Waals surface area contributed by atoms with E-state index in [2.05, 4.69) is 35.2 Å². The van der Waals surface area contributed by atoms with Gasteiger partial charge in [0.1, 0.15) is 0 Å². The zero-order valence-electron chi connectivity index (χ0n) is 11.3. The van der Waals surface area contributed by atoms with Crippen LogP contribution in [0.3, 0.4) is 0 Å². The summed E-state index contributed by atoms with van der Waals surface area (Å²) in [5.74, 6) is 0.772. The Morgan fingerprint density at radius 2 is 2.05 bits per heavy atom. The van der Waals surface area contributed by atoms with Crippen molar-refractivity contribution in [2.75, 3.05) is 0 Å². The Bertz CT molecular complexity index is 370. The van der Waals surface area contributed by atoms with Gasteiger partial charge in [-0.05, 0) is 24.7 Å². The molecule has 1 saturated carbocycles. The van der Waals surface area contributed by atoms with Gasteiger partial charge in [-0.1, -0.05) is 20.3 Å². The third-order valence-electron chi connectivity index (χ3n) is 3.37. The minimum absolute atomic E-state index is 0.165. The lowest BCUT2D eigenvalue weighted by Crippen LogP contribution is -2.55. The molecule has 0 unspecified atom stereocenters. The first kappa shape index (κ1) is 15.2. The van der Waals surface area contributed by atoms with E-state index in [0.29, 0.717) is 5.92 Å². The Hall–Kier alpha value is -1.83. The van der Waals surface area contributed by atoms with Crippen LogP contribution in [0.4, 0.5) is 9.59 Å². The smallest absolute Gasteiger partial charge is 0.332 e. The van der Waals surface area contributed by atoms with Crippen molar-refractivity contribution >= 4 is 17.8 Å². The maximum absolute atomic E-state index is 10.8. The summed E-state index contributed by atoms with van der Waals surface area (Å²) in [7, 11) is 0. The summed E-state index contributed by atoms with van der Waals surface area (Å²) in [5.41, 5.74) is 18.3. The van der Waals surface area contributed by atoms with Gasteiger partial charge in [-0.25, -0.2) is 20.4 Å². The fourth-order valence-electron chi connectivity index (χ4n) is 2.42. The molecule has 1 fully saturated rings. The van der Waals surface area contributed by atoms with Crippen LogP contribution in [-0.4, -0.2) is 23.8 Å². The molecule has 1 aliphatic rings. The van der Waals surface area contributed by atoms with Crippen LogP contribution in [0.25, 0.3) is 0 Å². The minimum atomic E-state index is -0.708. The first-order chi connectivity index (χ1) is 8.93. The van der Waals surface area contributed by atoms with Crippen molar-refractivity contribution in [1.82, 2.24) is 16.3 Å². The number of amides is 4. The highest BCUT2D eigenvalue weighted by Crippen LogP contribution is 2.29. The molecule has 0 aromatic rings. The normalized spacial score (nSPS) is 28.9. The highest BCUT2D eigenvalue weighted by atomic mass is 16.2. The maximum Gasteiger partial charge on any atom is 0.332 e. The van der Waals surface area contributed by atoms with Gasteiger partial charge in [0, 0.05) is 0 Å². The summed E-state index contributed by atoms with van der Waals surface area (Å²) in [4.78, 5) is 21.5. The standard InChI is InChI=1S/C11H22N6O2/c1-3-7-4-6(2)9(15-17-11(13)19)8(5-7)14-16-10(12)18/h6-7,9,15H,3-5H2,1-2H3,(H3,12,16,18)(H3,13,17,19)/b14-8+/t6-,7+,9-/m1/s1. The van der Waals surface area contributed by atoms with Crippen molar-refractivity contribution in [3.8, 4) is 0 Å². The average molecular weight is 270 g/mol. The van der Waals surface area contributed by atoms with Crippen LogP contribution in [0, 0.1) is 11.8 Å². The molecule has 3 atom stereocenters. The number of primary amides is 2. The molecule has 0 bridgehead atoms. The van der Waals surface area contributed by atoms with Crippen molar-refractivity contribution in [1.29, 1.82) is 0 Å². The SMILES string of the molecule is CC[C@@H]1C/C(=N\NC(N)=O)[C@H](NNC(N)=O)[C@H](C)C1. The Balaban J connectivity index is 2.78. The molecule has 1 rings (SSSR count). The Morgan fingerprint density at radius 1 is 1.37 bits per heavy atom. The van der Waals surface area contributed by atoms with Crippen molar-refractivity contribution in [3.63, 3.8) is 0 Å². The van der Waals surface area contributed by atoms with E-state index < -0.39 is 12.1 Å². The molecule has 8 nitrogen and oxygen atoms in total. The van der Waals surface area contributed by atoms with E-state index in [1.54, 1.807) is 0 Å². The molecular formula is C11H22N6O2. The van der Waals surface area contributed by atoms with Crippen molar-refractivity contribution in [2.24, 2.45) is 28.4 Å². The second kappa shape index (κ2) is 6.93. The fourth-order valence-corrected chi connectivity index (χ4v) is 2.42. The van der Waals surface area contributed by atoms with Crippen LogP contribution >= 0.6 is 0 Å². The van der Waals surface area contributed by atoms with E-state index >= 15 is 0 Å². The van der Waals surface area contributed by atoms with Gasteiger partial charge in [-0.2, -0.15) is 5.10 Å². The van der Waals surface area contributed by atoms with Crippen LogP contribution in [0.15, 0.2) is 5.10 Å². The summed E-state index contributed by atoms with van der Waals surface area (Å²) in [6, 6.07) is -1.53. The number of nitrogens with zero attached hydrogens (tertiary/aromatic N) is 1. The third kappa shape index (κ3) is 4.74. The van der Waals surface area contributed by atoms with Crippen LogP contribution in [0.1, 0.15) is 33.1 Å². The molecule has 0 saturated heterocycles. The number of carbonyl (C=O) groups is 2. The van der Waals surface area contributed by atoms with Gasteiger partial charge >= 0.3 is 12.1 Å². The predicted octanol–water partition coefficient (Wildman–Crippen LogP) is 0.00830. The molecule has 0 spiro atoms.